The molecular weight excluding hydrogens is 203 g/mol. The molecule has 0 heterocycles. The molecule has 1 atom stereocenters. The molecule has 1 nitrogen and oxygen atoms in total. The second kappa shape index (κ2) is 6.64. The lowest BCUT2D eigenvalue weighted by Crippen LogP contribution is -2.06. The monoisotopic (exact) mass is 224 g/mol. The van der Waals surface area contributed by atoms with Crippen molar-refractivity contribution < 1.29 is 9.50 Å². The third kappa shape index (κ3) is 4.31. The molecule has 16 heavy (non-hydrogen) atoms. The summed E-state index contributed by atoms with van der Waals surface area (Å²) in [6, 6.07) is 4.90. The maximum Gasteiger partial charge on any atom is 0.123 e. The first-order valence-corrected chi connectivity index (χ1v) is 6.06. The number of aliphatic hydroxyl groups is 1. The van der Waals surface area contributed by atoms with Crippen molar-refractivity contribution in [3.8, 4) is 0 Å². The summed E-state index contributed by atoms with van der Waals surface area (Å²) in [6.45, 7) is 4.07. The summed E-state index contributed by atoms with van der Waals surface area (Å²) in [4.78, 5) is 0. The SMILES string of the molecule is CCCC(O)CCCc1cc(F)ccc1C. The molecular formula is C14H21FO. The molecule has 0 radical (unpaired) electrons. The molecule has 0 spiro atoms. The fraction of sp³-hybridized carbons (Fsp3) is 0.571. The number of benzene rings is 1. The molecule has 90 valence electrons. The standard InChI is InChI=1S/C14H21FO/c1-3-5-14(16)7-4-6-12-10-13(15)9-8-11(12)2/h8-10,14,16H,3-7H2,1-2H3. The Morgan fingerprint density at radius 1 is 1.31 bits per heavy atom. The van der Waals surface area contributed by atoms with Crippen LogP contribution in [0.4, 0.5) is 4.39 Å². The molecule has 0 saturated carbocycles. The minimum atomic E-state index is -0.195. The molecule has 0 fully saturated rings. The van der Waals surface area contributed by atoms with Gasteiger partial charge in [0.25, 0.3) is 0 Å². The summed E-state index contributed by atoms with van der Waals surface area (Å²) < 4.78 is 13.0. The van der Waals surface area contributed by atoms with Gasteiger partial charge in [0, 0.05) is 0 Å². The molecule has 0 bridgehead atoms. The summed E-state index contributed by atoms with van der Waals surface area (Å²) >= 11 is 0. The number of rotatable bonds is 6. The zero-order valence-corrected chi connectivity index (χ0v) is 10.2. The lowest BCUT2D eigenvalue weighted by atomic mass is 10.0. The molecule has 0 amide bonds. The van der Waals surface area contributed by atoms with Crippen molar-refractivity contribution in [2.24, 2.45) is 0 Å². The van der Waals surface area contributed by atoms with Gasteiger partial charge in [-0.1, -0.05) is 19.4 Å². The Hall–Kier alpha value is -0.890. The second-order valence-corrected chi connectivity index (χ2v) is 4.41. The van der Waals surface area contributed by atoms with Crippen LogP contribution in [0.25, 0.3) is 0 Å². The van der Waals surface area contributed by atoms with Crippen LogP contribution < -0.4 is 0 Å². The molecule has 1 aromatic rings. The van der Waals surface area contributed by atoms with Crippen LogP contribution in [0.15, 0.2) is 18.2 Å². The maximum atomic E-state index is 13.0. The topological polar surface area (TPSA) is 20.2 Å². The molecule has 0 aliphatic carbocycles. The van der Waals surface area contributed by atoms with Crippen molar-refractivity contribution in [2.75, 3.05) is 0 Å². The molecule has 1 N–H and O–H groups in total. The molecule has 0 aliphatic heterocycles. The Balaban J connectivity index is 2.39. The average molecular weight is 224 g/mol. The predicted octanol–water partition coefficient (Wildman–Crippen LogP) is 3.62. The Kier molecular flexibility index (Phi) is 5.47. The van der Waals surface area contributed by atoms with E-state index in [4.69, 9.17) is 0 Å². The Bertz CT molecular complexity index is 323. The quantitative estimate of drug-likeness (QED) is 0.782. The van der Waals surface area contributed by atoms with Gasteiger partial charge in [-0.05, 0) is 55.9 Å². The van der Waals surface area contributed by atoms with Crippen LogP contribution in [0.2, 0.25) is 0 Å². The first-order chi connectivity index (χ1) is 7.63. The van der Waals surface area contributed by atoms with Crippen molar-refractivity contribution in [3.63, 3.8) is 0 Å². The molecule has 1 aromatic carbocycles. The summed E-state index contributed by atoms with van der Waals surface area (Å²) in [5, 5.41) is 9.58. The number of hydrogen-bond acceptors (Lipinski definition) is 1. The van der Waals surface area contributed by atoms with E-state index >= 15 is 0 Å². The van der Waals surface area contributed by atoms with E-state index in [9.17, 15) is 9.50 Å². The molecule has 0 aromatic heterocycles. The summed E-state index contributed by atoms with van der Waals surface area (Å²) in [7, 11) is 0. The summed E-state index contributed by atoms with van der Waals surface area (Å²) in [6.07, 6.45) is 4.26. The fourth-order valence-corrected chi connectivity index (χ4v) is 1.92. The highest BCUT2D eigenvalue weighted by atomic mass is 19.1. The third-order valence-corrected chi connectivity index (χ3v) is 2.92. The van der Waals surface area contributed by atoms with Gasteiger partial charge in [0.1, 0.15) is 5.82 Å². The lowest BCUT2D eigenvalue weighted by molar-refractivity contribution is 0.151. The minimum Gasteiger partial charge on any atom is -0.393 e. The van der Waals surface area contributed by atoms with Gasteiger partial charge in [0.2, 0.25) is 0 Å². The largest absolute Gasteiger partial charge is 0.393 e. The fourth-order valence-electron chi connectivity index (χ4n) is 1.92. The van der Waals surface area contributed by atoms with E-state index in [0.717, 1.165) is 43.2 Å². The Labute approximate surface area is 97.3 Å². The van der Waals surface area contributed by atoms with Crippen LogP contribution in [0.3, 0.4) is 0 Å². The van der Waals surface area contributed by atoms with Crippen LogP contribution in [-0.4, -0.2) is 11.2 Å². The van der Waals surface area contributed by atoms with E-state index in [1.54, 1.807) is 6.07 Å². The third-order valence-electron chi connectivity index (χ3n) is 2.92. The first kappa shape index (κ1) is 13.2. The van der Waals surface area contributed by atoms with E-state index in [1.807, 2.05) is 13.0 Å². The molecule has 1 unspecified atom stereocenters. The van der Waals surface area contributed by atoms with Crippen LogP contribution >= 0.6 is 0 Å². The number of aliphatic hydroxyl groups excluding tert-OH is 1. The predicted molar refractivity (Wildman–Crippen MR) is 65.0 cm³/mol. The van der Waals surface area contributed by atoms with Gasteiger partial charge < -0.3 is 5.11 Å². The zero-order chi connectivity index (χ0) is 12.0. The summed E-state index contributed by atoms with van der Waals surface area (Å²) in [5.41, 5.74) is 2.19. The first-order valence-electron chi connectivity index (χ1n) is 6.06. The van der Waals surface area contributed by atoms with Gasteiger partial charge >= 0.3 is 0 Å². The van der Waals surface area contributed by atoms with Crippen molar-refractivity contribution in [3.05, 3.63) is 35.1 Å². The number of halogens is 1. The maximum absolute atomic E-state index is 13.0. The van der Waals surface area contributed by atoms with E-state index in [1.165, 1.54) is 6.07 Å². The molecule has 2 heteroatoms. The van der Waals surface area contributed by atoms with Crippen molar-refractivity contribution in [1.29, 1.82) is 0 Å². The van der Waals surface area contributed by atoms with E-state index in [0.29, 0.717) is 0 Å². The Morgan fingerprint density at radius 2 is 2.06 bits per heavy atom. The number of hydrogen-bond donors (Lipinski definition) is 1. The highest BCUT2D eigenvalue weighted by molar-refractivity contribution is 5.26. The van der Waals surface area contributed by atoms with Crippen LogP contribution in [-0.2, 0) is 6.42 Å². The van der Waals surface area contributed by atoms with Gasteiger partial charge in [-0.15, -0.1) is 0 Å². The van der Waals surface area contributed by atoms with E-state index < -0.39 is 0 Å². The smallest absolute Gasteiger partial charge is 0.123 e. The number of aryl methyl sites for hydroxylation is 2. The normalized spacial score (nSPS) is 12.8. The second-order valence-electron chi connectivity index (χ2n) is 4.41. The van der Waals surface area contributed by atoms with Crippen LogP contribution in [0.1, 0.15) is 43.7 Å². The Morgan fingerprint density at radius 3 is 2.75 bits per heavy atom. The van der Waals surface area contributed by atoms with Gasteiger partial charge in [-0.2, -0.15) is 0 Å². The van der Waals surface area contributed by atoms with Crippen LogP contribution in [0, 0.1) is 12.7 Å². The van der Waals surface area contributed by atoms with Crippen LogP contribution in [0.5, 0.6) is 0 Å². The van der Waals surface area contributed by atoms with E-state index in [2.05, 4.69) is 6.92 Å². The molecule has 1 rings (SSSR count). The van der Waals surface area contributed by atoms with Crippen molar-refractivity contribution in [2.45, 2.75) is 52.1 Å². The summed E-state index contributed by atoms with van der Waals surface area (Å²) in [5.74, 6) is -0.172. The van der Waals surface area contributed by atoms with Crippen molar-refractivity contribution >= 4 is 0 Å². The zero-order valence-electron chi connectivity index (χ0n) is 10.2. The van der Waals surface area contributed by atoms with E-state index in [-0.39, 0.29) is 11.9 Å². The van der Waals surface area contributed by atoms with Crippen molar-refractivity contribution in [1.82, 2.24) is 0 Å². The van der Waals surface area contributed by atoms with Gasteiger partial charge in [0.15, 0.2) is 0 Å². The highest BCUT2D eigenvalue weighted by Gasteiger charge is 2.04. The lowest BCUT2D eigenvalue weighted by Gasteiger charge is -2.10. The highest BCUT2D eigenvalue weighted by Crippen LogP contribution is 2.14. The van der Waals surface area contributed by atoms with Gasteiger partial charge in [-0.3, -0.25) is 0 Å². The molecule has 0 saturated heterocycles. The molecule has 0 aliphatic rings. The average Bonchev–Trinajstić information content (AvgIpc) is 2.23. The minimum absolute atomic E-state index is 0.172. The van der Waals surface area contributed by atoms with Gasteiger partial charge in [-0.25, -0.2) is 4.39 Å². The van der Waals surface area contributed by atoms with Gasteiger partial charge in [0.05, 0.1) is 6.10 Å².